The summed E-state index contributed by atoms with van der Waals surface area (Å²) < 4.78 is 25.4. The van der Waals surface area contributed by atoms with Crippen molar-refractivity contribution in [2.75, 3.05) is 39.5 Å². The Bertz CT molecular complexity index is 341. The van der Waals surface area contributed by atoms with Gasteiger partial charge in [-0.2, -0.15) is 4.31 Å². The Hall–Kier alpha value is -0.660. The first-order valence-corrected chi connectivity index (χ1v) is 7.84. The Morgan fingerprint density at radius 2 is 1.83 bits per heavy atom. The van der Waals surface area contributed by atoms with E-state index in [-0.39, 0.29) is 18.2 Å². The van der Waals surface area contributed by atoms with Crippen LogP contribution < -0.4 is 5.73 Å². The fourth-order valence-electron chi connectivity index (χ4n) is 1.42. The lowest BCUT2D eigenvalue weighted by Crippen LogP contribution is -2.41. The van der Waals surface area contributed by atoms with E-state index < -0.39 is 10.0 Å². The molecule has 0 aromatic rings. The molecule has 0 saturated carbocycles. The molecule has 0 aliphatic rings. The normalized spacial score (nSPS) is 11.8. The van der Waals surface area contributed by atoms with Crippen molar-refractivity contribution in [2.24, 2.45) is 5.73 Å². The van der Waals surface area contributed by atoms with Crippen molar-refractivity contribution in [3.63, 3.8) is 0 Å². The second-order valence-corrected chi connectivity index (χ2v) is 6.52. The molecule has 0 heterocycles. The average molecular weight is 279 g/mol. The van der Waals surface area contributed by atoms with Crippen molar-refractivity contribution < 1.29 is 13.2 Å². The molecule has 0 unspecified atom stereocenters. The summed E-state index contributed by atoms with van der Waals surface area (Å²) in [6.45, 7) is 2.68. The minimum absolute atomic E-state index is 0.0604. The van der Waals surface area contributed by atoms with Gasteiger partial charge in [0.05, 0.1) is 12.3 Å². The van der Waals surface area contributed by atoms with Gasteiger partial charge in [0, 0.05) is 20.6 Å². The molecule has 0 saturated heterocycles. The topological polar surface area (TPSA) is 83.7 Å². The zero-order chi connectivity index (χ0) is 14.2. The first-order chi connectivity index (χ1) is 8.35. The molecule has 18 heavy (non-hydrogen) atoms. The molecule has 0 aromatic carbocycles. The van der Waals surface area contributed by atoms with Gasteiger partial charge < -0.3 is 10.6 Å². The lowest BCUT2D eigenvalue weighted by Gasteiger charge is -2.22. The van der Waals surface area contributed by atoms with E-state index in [9.17, 15) is 13.2 Å². The third kappa shape index (κ3) is 6.32. The summed E-state index contributed by atoms with van der Waals surface area (Å²) in [5.74, 6) is -0.142. The molecular weight excluding hydrogens is 254 g/mol. The summed E-state index contributed by atoms with van der Waals surface area (Å²) in [7, 11) is -0.118. The smallest absolute Gasteiger partial charge is 0.237 e. The third-order valence-corrected chi connectivity index (χ3v) is 4.44. The van der Waals surface area contributed by atoms with E-state index in [1.165, 1.54) is 9.21 Å². The zero-order valence-electron chi connectivity index (χ0n) is 11.6. The number of hydrogen-bond donors (Lipinski definition) is 1. The second-order valence-electron chi connectivity index (χ2n) is 4.43. The van der Waals surface area contributed by atoms with Crippen LogP contribution in [-0.4, -0.2) is 63.0 Å². The van der Waals surface area contributed by atoms with E-state index >= 15 is 0 Å². The maximum atomic E-state index is 12.1. The molecular formula is C11H25N3O3S. The molecule has 0 radical (unpaired) electrons. The fraction of sp³-hybridized carbons (Fsp3) is 0.909. The molecule has 0 aromatic heterocycles. The average Bonchev–Trinajstić information content (AvgIpc) is 2.28. The first kappa shape index (κ1) is 17.3. The Kier molecular flexibility index (Phi) is 8.13. The molecule has 1 amide bonds. The number of unbranched alkanes of at least 4 members (excludes halogenated alkanes) is 1. The van der Waals surface area contributed by atoms with E-state index in [2.05, 4.69) is 0 Å². The van der Waals surface area contributed by atoms with E-state index in [0.29, 0.717) is 32.4 Å². The van der Waals surface area contributed by atoms with Gasteiger partial charge in [-0.3, -0.25) is 4.79 Å². The minimum Gasteiger partial charge on any atom is -0.348 e. The molecule has 7 heteroatoms. The molecule has 0 fully saturated rings. The van der Waals surface area contributed by atoms with Gasteiger partial charge in [-0.05, 0) is 25.8 Å². The number of likely N-dealkylation sites (N-methyl/N-ethyl adjacent to an activating group) is 1. The molecule has 108 valence electrons. The SMILES string of the molecule is CCCN(CC(=O)N(C)C)S(=O)(=O)CCCCN. The highest BCUT2D eigenvalue weighted by Crippen LogP contribution is 2.06. The van der Waals surface area contributed by atoms with Crippen LogP contribution in [0.15, 0.2) is 0 Å². The quantitative estimate of drug-likeness (QED) is 0.595. The number of nitrogens with zero attached hydrogens (tertiary/aromatic N) is 2. The predicted octanol–water partition coefficient (Wildman–Crippen LogP) is -0.145. The van der Waals surface area contributed by atoms with Crippen LogP contribution in [-0.2, 0) is 14.8 Å². The standard InChI is InChI=1S/C11H25N3O3S/c1-4-8-14(10-11(15)13(2)3)18(16,17)9-6-5-7-12/h4-10,12H2,1-3H3. The number of carbonyl (C=O) groups is 1. The third-order valence-electron chi connectivity index (χ3n) is 2.53. The van der Waals surface area contributed by atoms with Crippen LogP contribution in [0.1, 0.15) is 26.2 Å². The molecule has 0 aliphatic carbocycles. The van der Waals surface area contributed by atoms with E-state index in [1.807, 2.05) is 6.92 Å². The highest BCUT2D eigenvalue weighted by atomic mass is 32.2. The molecule has 0 bridgehead atoms. The van der Waals surface area contributed by atoms with Crippen LogP contribution in [0.25, 0.3) is 0 Å². The number of hydrogen-bond acceptors (Lipinski definition) is 4. The van der Waals surface area contributed by atoms with Gasteiger partial charge in [-0.25, -0.2) is 8.42 Å². The predicted molar refractivity (Wildman–Crippen MR) is 72.6 cm³/mol. The number of rotatable bonds is 9. The Balaban J connectivity index is 4.60. The molecule has 0 rings (SSSR count). The van der Waals surface area contributed by atoms with Crippen molar-refractivity contribution in [2.45, 2.75) is 26.2 Å². The Morgan fingerprint density at radius 1 is 1.22 bits per heavy atom. The van der Waals surface area contributed by atoms with Crippen molar-refractivity contribution in [3.8, 4) is 0 Å². The highest BCUT2D eigenvalue weighted by Gasteiger charge is 2.23. The van der Waals surface area contributed by atoms with Crippen LogP contribution in [0.5, 0.6) is 0 Å². The van der Waals surface area contributed by atoms with Crippen LogP contribution in [0.2, 0.25) is 0 Å². The van der Waals surface area contributed by atoms with Gasteiger partial charge in [-0.1, -0.05) is 6.92 Å². The van der Waals surface area contributed by atoms with Gasteiger partial charge in [0.1, 0.15) is 0 Å². The lowest BCUT2D eigenvalue weighted by molar-refractivity contribution is -0.128. The highest BCUT2D eigenvalue weighted by molar-refractivity contribution is 7.89. The van der Waals surface area contributed by atoms with Crippen LogP contribution >= 0.6 is 0 Å². The van der Waals surface area contributed by atoms with Crippen molar-refractivity contribution in [1.82, 2.24) is 9.21 Å². The van der Waals surface area contributed by atoms with E-state index in [0.717, 1.165) is 0 Å². The van der Waals surface area contributed by atoms with E-state index in [1.54, 1.807) is 14.1 Å². The number of amides is 1. The lowest BCUT2D eigenvalue weighted by atomic mass is 10.3. The second kappa shape index (κ2) is 8.44. The number of sulfonamides is 1. The number of carbonyl (C=O) groups excluding carboxylic acids is 1. The van der Waals surface area contributed by atoms with Crippen molar-refractivity contribution in [3.05, 3.63) is 0 Å². The van der Waals surface area contributed by atoms with Crippen molar-refractivity contribution in [1.29, 1.82) is 0 Å². The van der Waals surface area contributed by atoms with Gasteiger partial charge in [0.2, 0.25) is 15.9 Å². The molecule has 6 nitrogen and oxygen atoms in total. The minimum atomic E-state index is -3.36. The maximum Gasteiger partial charge on any atom is 0.237 e. The summed E-state index contributed by atoms with van der Waals surface area (Å²) in [5, 5.41) is 0. The van der Waals surface area contributed by atoms with Gasteiger partial charge in [0.25, 0.3) is 0 Å². The maximum absolute atomic E-state index is 12.1. The molecule has 2 N–H and O–H groups in total. The van der Waals surface area contributed by atoms with Crippen LogP contribution in [0.3, 0.4) is 0 Å². The molecule has 0 spiro atoms. The first-order valence-electron chi connectivity index (χ1n) is 6.23. The van der Waals surface area contributed by atoms with Crippen molar-refractivity contribution >= 4 is 15.9 Å². The summed E-state index contributed by atoms with van der Waals surface area (Å²) in [6.07, 6.45) is 1.91. The monoisotopic (exact) mass is 279 g/mol. The summed E-state index contributed by atoms with van der Waals surface area (Å²) >= 11 is 0. The Morgan fingerprint density at radius 3 is 2.28 bits per heavy atom. The summed E-state index contributed by atoms with van der Waals surface area (Å²) in [4.78, 5) is 13.0. The largest absolute Gasteiger partial charge is 0.348 e. The molecule has 0 atom stereocenters. The van der Waals surface area contributed by atoms with Gasteiger partial charge >= 0.3 is 0 Å². The summed E-state index contributed by atoms with van der Waals surface area (Å²) in [6, 6.07) is 0. The van der Waals surface area contributed by atoms with E-state index in [4.69, 9.17) is 5.73 Å². The van der Waals surface area contributed by atoms with Crippen LogP contribution in [0, 0.1) is 0 Å². The molecule has 0 aliphatic heterocycles. The van der Waals surface area contributed by atoms with Gasteiger partial charge in [-0.15, -0.1) is 0 Å². The zero-order valence-corrected chi connectivity index (χ0v) is 12.4. The number of nitrogens with two attached hydrogens (primary N) is 1. The van der Waals surface area contributed by atoms with Crippen LogP contribution in [0.4, 0.5) is 0 Å². The summed E-state index contributed by atoms with van der Waals surface area (Å²) in [5.41, 5.74) is 5.34. The van der Waals surface area contributed by atoms with Gasteiger partial charge in [0.15, 0.2) is 0 Å². The Labute approximate surface area is 110 Å². The fourth-order valence-corrected chi connectivity index (χ4v) is 3.01.